The van der Waals surface area contributed by atoms with E-state index < -0.39 is 28.5 Å². The van der Waals surface area contributed by atoms with E-state index in [1.54, 1.807) is 30.3 Å². The summed E-state index contributed by atoms with van der Waals surface area (Å²) in [6, 6.07) is 19.6. The summed E-state index contributed by atoms with van der Waals surface area (Å²) < 4.78 is 27.3. The molecule has 3 aromatic carbocycles. The number of halogens is 2. The van der Waals surface area contributed by atoms with Gasteiger partial charge in [0.1, 0.15) is 6.04 Å². The van der Waals surface area contributed by atoms with E-state index in [9.17, 15) is 18.0 Å². The molecule has 0 bridgehead atoms. The maximum Gasteiger partial charge on any atom is 0.243 e. The molecule has 3 aromatic rings. The molecule has 0 aliphatic carbocycles. The van der Waals surface area contributed by atoms with Gasteiger partial charge in [0.05, 0.1) is 11.4 Å². The number of carbonyl (C=O) groups is 2. The molecular formula is C27H29Cl2N3O4S. The summed E-state index contributed by atoms with van der Waals surface area (Å²) in [4.78, 5) is 28.2. The molecule has 0 saturated carbocycles. The molecule has 0 heterocycles. The zero-order valence-corrected chi connectivity index (χ0v) is 23.1. The van der Waals surface area contributed by atoms with E-state index in [1.807, 2.05) is 37.3 Å². The number of nitrogens with zero attached hydrogens (tertiary/aromatic N) is 2. The van der Waals surface area contributed by atoms with Gasteiger partial charge in [-0.3, -0.25) is 9.59 Å². The summed E-state index contributed by atoms with van der Waals surface area (Å²) in [7, 11) is -1.11. The van der Waals surface area contributed by atoms with Crippen molar-refractivity contribution in [3.05, 3.63) is 99.5 Å². The Morgan fingerprint density at radius 3 is 2.22 bits per heavy atom. The van der Waals surface area contributed by atoms with Crippen LogP contribution in [0.3, 0.4) is 0 Å². The molecule has 1 N–H and O–H groups in total. The number of sulfonamides is 1. The average molecular weight is 563 g/mol. The second kappa shape index (κ2) is 12.6. The van der Waals surface area contributed by atoms with Crippen molar-refractivity contribution >= 4 is 45.0 Å². The molecule has 0 aliphatic heterocycles. The molecule has 37 heavy (non-hydrogen) atoms. The van der Waals surface area contributed by atoms with Crippen molar-refractivity contribution in [1.82, 2.24) is 14.5 Å². The first-order valence-electron chi connectivity index (χ1n) is 11.5. The van der Waals surface area contributed by atoms with E-state index >= 15 is 0 Å². The third kappa shape index (κ3) is 7.32. The van der Waals surface area contributed by atoms with Crippen molar-refractivity contribution in [2.45, 2.75) is 30.8 Å². The van der Waals surface area contributed by atoms with Gasteiger partial charge in [0.2, 0.25) is 21.8 Å². The van der Waals surface area contributed by atoms with Gasteiger partial charge in [0.25, 0.3) is 0 Å². The Morgan fingerprint density at radius 2 is 1.62 bits per heavy atom. The lowest BCUT2D eigenvalue weighted by atomic mass is 10.0. The standard InChI is InChI=1S/C27H29Cl2N3O4S/c1-19-9-13-23(14-10-19)37(35,36)31(3)18-26(33)32(17-21-11-12-22(28)16-24(21)29)25(27(34)30-2)15-20-7-5-4-6-8-20/h4-14,16,25H,15,17-18H2,1-3H3,(H,30,34). The maximum absolute atomic E-state index is 13.7. The summed E-state index contributed by atoms with van der Waals surface area (Å²) in [6.07, 6.45) is 0.228. The quantitative estimate of drug-likeness (QED) is 0.399. The van der Waals surface area contributed by atoms with E-state index in [0.29, 0.717) is 15.6 Å². The Morgan fingerprint density at radius 1 is 0.973 bits per heavy atom. The maximum atomic E-state index is 13.7. The van der Waals surface area contributed by atoms with Crippen molar-refractivity contribution in [3.63, 3.8) is 0 Å². The fourth-order valence-electron chi connectivity index (χ4n) is 3.81. The highest BCUT2D eigenvalue weighted by atomic mass is 35.5. The van der Waals surface area contributed by atoms with Gasteiger partial charge in [0, 0.05) is 37.1 Å². The van der Waals surface area contributed by atoms with Gasteiger partial charge in [-0.1, -0.05) is 77.3 Å². The van der Waals surface area contributed by atoms with Gasteiger partial charge >= 0.3 is 0 Å². The number of carbonyl (C=O) groups excluding carboxylic acids is 2. The van der Waals surface area contributed by atoms with Crippen LogP contribution >= 0.6 is 23.2 Å². The first kappa shape index (κ1) is 28.7. The molecule has 7 nitrogen and oxygen atoms in total. The molecule has 2 amide bonds. The van der Waals surface area contributed by atoms with Gasteiger partial charge in [-0.15, -0.1) is 0 Å². The Balaban J connectivity index is 1.96. The van der Waals surface area contributed by atoms with Crippen LogP contribution < -0.4 is 5.32 Å². The molecule has 196 valence electrons. The van der Waals surface area contributed by atoms with Crippen LogP contribution in [0.1, 0.15) is 16.7 Å². The monoisotopic (exact) mass is 561 g/mol. The zero-order chi connectivity index (χ0) is 27.2. The molecule has 3 rings (SSSR count). The van der Waals surface area contributed by atoms with E-state index in [-0.39, 0.29) is 23.8 Å². The largest absolute Gasteiger partial charge is 0.357 e. The first-order valence-corrected chi connectivity index (χ1v) is 13.7. The van der Waals surface area contributed by atoms with Crippen molar-refractivity contribution in [1.29, 1.82) is 0 Å². The number of hydrogen-bond donors (Lipinski definition) is 1. The van der Waals surface area contributed by atoms with Crippen LogP contribution in [0.4, 0.5) is 0 Å². The molecule has 0 aromatic heterocycles. The van der Waals surface area contributed by atoms with Crippen LogP contribution in [0, 0.1) is 6.92 Å². The molecule has 10 heteroatoms. The number of aryl methyl sites for hydroxylation is 1. The van der Waals surface area contributed by atoms with Crippen LogP contribution in [0.15, 0.2) is 77.7 Å². The Hall–Kier alpha value is -2.91. The number of amides is 2. The van der Waals surface area contributed by atoms with E-state index in [1.165, 1.54) is 31.1 Å². The number of rotatable bonds is 10. The lowest BCUT2D eigenvalue weighted by Crippen LogP contribution is -2.52. The zero-order valence-electron chi connectivity index (χ0n) is 20.8. The van der Waals surface area contributed by atoms with Crippen LogP contribution in [0.2, 0.25) is 10.0 Å². The fraction of sp³-hybridized carbons (Fsp3) is 0.259. The fourth-order valence-corrected chi connectivity index (χ4v) is 5.40. The summed E-state index contributed by atoms with van der Waals surface area (Å²) in [5, 5.41) is 3.39. The summed E-state index contributed by atoms with van der Waals surface area (Å²) in [5.41, 5.74) is 2.33. The minimum atomic E-state index is -3.94. The molecule has 1 atom stereocenters. The van der Waals surface area contributed by atoms with E-state index in [0.717, 1.165) is 15.4 Å². The number of likely N-dealkylation sites (N-methyl/N-ethyl adjacent to an activating group) is 2. The molecule has 0 spiro atoms. The first-order chi connectivity index (χ1) is 17.5. The highest BCUT2D eigenvalue weighted by molar-refractivity contribution is 7.89. The second-order valence-electron chi connectivity index (χ2n) is 8.65. The van der Waals surface area contributed by atoms with Crippen LogP contribution in [-0.4, -0.2) is 56.1 Å². The van der Waals surface area contributed by atoms with Crippen LogP contribution in [0.5, 0.6) is 0 Å². The average Bonchev–Trinajstić information content (AvgIpc) is 2.87. The Bertz CT molecular complexity index is 1350. The predicted molar refractivity (Wildman–Crippen MR) is 146 cm³/mol. The highest BCUT2D eigenvalue weighted by Gasteiger charge is 2.33. The smallest absolute Gasteiger partial charge is 0.243 e. The van der Waals surface area contributed by atoms with Gasteiger partial charge in [0.15, 0.2) is 0 Å². The number of benzene rings is 3. The summed E-state index contributed by atoms with van der Waals surface area (Å²) in [6.45, 7) is 1.37. The van der Waals surface area contributed by atoms with E-state index in [2.05, 4.69) is 5.32 Å². The Kier molecular flexibility index (Phi) is 9.73. The van der Waals surface area contributed by atoms with Gasteiger partial charge in [-0.05, 0) is 42.3 Å². The molecule has 1 unspecified atom stereocenters. The lowest BCUT2D eigenvalue weighted by Gasteiger charge is -2.32. The number of hydrogen-bond acceptors (Lipinski definition) is 4. The minimum absolute atomic E-state index is 0.0157. The summed E-state index contributed by atoms with van der Waals surface area (Å²) in [5.74, 6) is -0.930. The van der Waals surface area contributed by atoms with Gasteiger partial charge < -0.3 is 10.2 Å². The lowest BCUT2D eigenvalue weighted by molar-refractivity contribution is -0.141. The van der Waals surface area contributed by atoms with Crippen LogP contribution in [0.25, 0.3) is 0 Å². The number of nitrogens with one attached hydrogen (secondary N) is 1. The highest BCUT2D eigenvalue weighted by Crippen LogP contribution is 2.24. The van der Waals surface area contributed by atoms with Gasteiger partial charge in [-0.2, -0.15) is 4.31 Å². The normalized spacial score (nSPS) is 12.3. The predicted octanol–water partition coefficient (Wildman–Crippen LogP) is 4.31. The van der Waals surface area contributed by atoms with Crippen LogP contribution in [-0.2, 0) is 32.6 Å². The van der Waals surface area contributed by atoms with Crippen molar-refractivity contribution in [3.8, 4) is 0 Å². The van der Waals surface area contributed by atoms with Gasteiger partial charge in [-0.25, -0.2) is 8.42 Å². The molecular weight excluding hydrogens is 533 g/mol. The van der Waals surface area contributed by atoms with Crippen molar-refractivity contribution in [2.24, 2.45) is 0 Å². The molecule has 0 aliphatic rings. The SMILES string of the molecule is CNC(=O)C(Cc1ccccc1)N(Cc1ccc(Cl)cc1Cl)C(=O)CN(C)S(=O)(=O)c1ccc(C)cc1. The van der Waals surface area contributed by atoms with Crippen molar-refractivity contribution in [2.75, 3.05) is 20.6 Å². The topological polar surface area (TPSA) is 86.8 Å². The minimum Gasteiger partial charge on any atom is -0.357 e. The summed E-state index contributed by atoms with van der Waals surface area (Å²) >= 11 is 12.4. The third-order valence-electron chi connectivity index (χ3n) is 5.96. The second-order valence-corrected chi connectivity index (χ2v) is 11.5. The third-order valence-corrected chi connectivity index (χ3v) is 8.36. The molecule has 0 fully saturated rings. The molecule has 0 saturated heterocycles. The van der Waals surface area contributed by atoms with E-state index in [4.69, 9.17) is 23.2 Å². The Labute approximate surface area is 228 Å². The van der Waals surface area contributed by atoms with Crippen molar-refractivity contribution < 1.29 is 18.0 Å². The molecule has 0 radical (unpaired) electrons.